The van der Waals surface area contributed by atoms with Gasteiger partial charge in [0.15, 0.2) is 0 Å². The van der Waals surface area contributed by atoms with Crippen molar-refractivity contribution in [2.75, 3.05) is 12.4 Å². The summed E-state index contributed by atoms with van der Waals surface area (Å²) in [6.07, 6.45) is 1.63. The molecule has 39 heavy (non-hydrogen) atoms. The van der Waals surface area contributed by atoms with Crippen molar-refractivity contribution < 1.29 is 24.2 Å². The third kappa shape index (κ3) is 6.75. The van der Waals surface area contributed by atoms with Crippen LogP contribution in [0, 0.1) is 5.92 Å². The van der Waals surface area contributed by atoms with Gasteiger partial charge in [0.05, 0.1) is 29.3 Å². The Hall–Kier alpha value is -3.07. The maximum Gasteiger partial charge on any atom is 0.304 e. The van der Waals surface area contributed by atoms with Crippen molar-refractivity contribution in [3.05, 3.63) is 98.6 Å². The van der Waals surface area contributed by atoms with E-state index in [2.05, 4.69) is 15.9 Å². The van der Waals surface area contributed by atoms with Gasteiger partial charge in [-0.3, -0.25) is 9.59 Å². The molecule has 1 aliphatic rings. The molecule has 0 saturated carbocycles. The maximum absolute atomic E-state index is 11.3. The van der Waals surface area contributed by atoms with Crippen LogP contribution in [-0.2, 0) is 17.8 Å². The lowest BCUT2D eigenvalue weighted by molar-refractivity contribution is -0.136. The van der Waals surface area contributed by atoms with Gasteiger partial charge in [-0.25, -0.2) is 4.98 Å². The second-order valence-corrected chi connectivity index (χ2v) is 11.8. The topological polar surface area (TPSA) is 85.7 Å². The number of hydrogen-bond acceptors (Lipinski definition) is 6. The number of aldehydes is 1. The van der Waals surface area contributed by atoms with Crippen LogP contribution in [0.3, 0.4) is 0 Å². The van der Waals surface area contributed by atoms with Crippen LogP contribution in [0.5, 0.6) is 11.5 Å². The van der Waals surface area contributed by atoms with E-state index >= 15 is 0 Å². The second-order valence-electron chi connectivity index (χ2n) is 9.32. The lowest BCUT2D eigenvalue weighted by Crippen LogP contribution is -2.26. The molecule has 0 amide bonds. The normalized spacial score (nSPS) is 16.4. The average Bonchev–Trinajstić information content (AvgIpc) is 2.93. The number of ether oxygens (including phenoxy) is 2. The van der Waals surface area contributed by atoms with E-state index in [0.717, 1.165) is 44.2 Å². The Labute approximate surface area is 243 Å². The van der Waals surface area contributed by atoms with Crippen molar-refractivity contribution in [2.45, 2.75) is 24.7 Å². The van der Waals surface area contributed by atoms with E-state index in [1.807, 2.05) is 60.7 Å². The number of carboxylic acid groups (broad SMARTS) is 1. The number of aliphatic carboxylic acids is 1. The third-order valence-electron chi connectivity index (χ3n) is 6.54. The molecule has 1 aliphatic heterocycles. The van der Waals surface area contributed by atoms with Crippen LogP contribution < -0.4 is 9.47 Å². The molecule has 4 aromatic rings. The van der Waals surface area contributed by atoms with Crippen LogP contribution in [-0.4, -0.2) is 34.7 Å². The third-order valence-corrected chi connectivity index (χ3v) is 9.18. The minimum Gasteiger partial charge on any atom is -0.493 e. The zero-order chi connectivity index (χ0) is 27.4. The van der Waals surface area contributed by atoms with E-state index in [4.69, 9.17) is 26.1 Å². The van der Waals surface area contributed by atoms with E-state index < -0.39 is 5.97 Å². The molecule has 9 heteroatoms. The highest BCUT2D eigenvalue weighted by Crippen LogP contribution is 2.47. The highest BCUT2D eigenvalue weighted by molar-refractivity contribution is 9.10. The van der Waals surface area contributed by atoms with Gasteiger partial charge in [0.2, 0.25) is 0 Å². The summed E-state index contributed by atoms with van der Waals surface area (Å²) >= 11 is 11.3. The first-order chi connectivity index (χ1) is 18.9. The number of halogens is 2. The van der Waals surface area contributed by atoms with Crippen molar-refractivity contribution in [1.82, 2.24) is 4.98 Å². The number of aromatic nitrogens is 1. The predicted molar refractivity (Wildman–Crippen MR) is 157 cm³/mol. The Bertz CT molecular complexity index is 1530. The molecule has 6 nitrogen and oxygen atoms in total. The summed E-state index contributed by atoms with van der Waals surface area (Å²) in [6, 6.07) is 21.0. The quantitative estimate of drug-likeness (QED) is 0.182. The first-order valence-corrected chi connectivity index (χ1v) is 14.6. The number of nitrogens with zero attached hydrogens (tertiary/aromatic N) is 1. The molecule has 0 fully saturated rings. The van der Waals surface area contributed by atoms with Gasteiger partial charge in [0, 0.05) is 37.9 Å². The summed E-state index contributed by atoms with van der Waals surface area (Å²) in [7, 11) is 0. The fraction of sp³-hybridized carbons (Fsp3) is 0.233. The predicted octanol–water partition coefficient (Wildman–Crippen LogP) is 7.54. The van der Waals surface area contributed by atoms with E-state index in [-0.39, 0.29) is 24.2 Å². The molecule has 0 radical (unpaired) electrons. The van der Waals surface area contributed by atoms with Crippen molar-refractivity contribution in [3.8, 4) is 11.5 Å². The number of thioether (sulfide) groups is 1. The summed E-state index contributed by atoms with van der Waals surface area (Å²) in [6.45, 7) is 0.790. The molecule has 2 atom stereocenters. The van der Waals surface area contributed by atoms with Crippen LogP contribution >= 0.6 is 39.3 Å². The lowest BCUT2D eigenvalue weighted by atomic mass is 9.90. The van der Waals surface area contributed by atoms with Gasteiger partial charge < -0.3 is 14.6 Å². The number of pyridine rings is 1. The first-order valence-electron chi connectivity index (χ1n) is 12.4. The number of carbonyl (C=O) groups excluding carboxylic acids is 1. The SMILES string of the molecule is O=Cc1cccc(CC2COc3ccc(OCc4ccc5cc(Cl)c(Br)cc5n4)cc3C2SCCC(=O)O)c1. The van der Waals surface area contributed by atoms with Gasteiger partial charge in [0.1, 0.15) is 24.4 Å². The minimum atomic E-state index is -0.820. The van der Waals surface area contributed by atoms with Gasteiger partial charge in [-0.1, -0.05) is 35.9 Å². The highest BCUT2D eigenvalue weighted by atomic mass is 79.9. The maximum atomic E-state index is 11.3. The highest BCUT2D eigenvalue weighted by Gasteiger charge is 2.32. The average molecular weight is 627 g/mol. The lowest BCUT2D eigenvalue weighted by Gasteiger charge is -2.34. The van der Waals surface area contributed by atoms with Crippen LogP contribution in [0.1, 0.15) is 38.8 Å². The van der Waals surface area contributed by atoms with E-state index in [1.54, 1.807) is 17.8 Å². The van der Waals surface area contributed by atoms with Gasteiger partial charge in [-0.05, 0) is 70.4 Å². The summed E-state index contributed by atoms with van der Waals surface area (Å²) in [4.78, 5) is 27.2. The number of rotatable bonds is 10. The summed E-state index contributed by atoms with van der Waals surface area (Å²) in [5.41, 5.74) is 4.26. The number of fused-ring (bicyclic) bond motifs is 2. The molecule has 0 aliphatic carbocycles. The Balaban J connectivity index is 1.36. The monoisotopic (exact) mass is 625 g/mol. The van der Waals surface area contributed by atoms with Crippen molar-refractivity contribution in [2.24, 2.45) is 5.92 Å². The van der Waals surface area contributed by atoms with Crippen molar-refractivity contribution in [3.63, 3.8) is 0 Å². The van der Waals surface area contributed by atoms with Crippen LogP contribution in [0.2, 0.25) is 5.02 Å². The molecular weight excluding hydrogens is 602 g/mol. The van der Waals surface area contributed by atoms with Gasteiger partial charge >= 0.3 is 5.97 Å². The molecule has 5 rings (SSSR count). The zero-order valence-electron chi connectivity index (χ0n) is 20.8. The molecule has 1 aromatic heterocycles. The van der Waals surface area contributed by atoms with Crippen LogP contribution in [0.15, 0.2) is 71.2 Å². The van der Waals surface area contributed by atoms with Crippen molar-refractivity contribution >= 4 is 62.5 Å². The number of carboxylic acids is 1. The van der Waals surface area contributed by atoms with Crippen LogP contribution in [0.25, 0.3) is 10.9 Å². The molecule has 3 aromatic carbocycles. The molecule has 2 unspecified atom stereocenters. The molecule has 0 bridgehead atoms. The summed E-state index contributed by atoms with van der Waals surface area (Å²) in [5, 5.41) is 10.8. The molecule has 2 heterocycles. The second kappa shape index (κ2) is 12.4. The smallest absolute Gasteiger partial charge is 0.304 e. The summed E-state index contributed by atoms with van der Waals surface area (Å²) < 4.78 is 13.1. The molecule has 200 valence electrons. The zero-order valence-corrected chi connectivity index (χ0v) is 24.0. The number of carbonyl (C=O) groups is 2. The Morgan fingerprint density at radius 1 is 1.18 bits per heavy atom. The first kappa shape index (κ1) is 27.5. The number of hydrogen-bond donors (Lipinski definition) is 1. The fourth-order valence-electron chi connectivity index (χ4n) is 4.67. The minimum absolute atomic E-state index is 0.0115. The standard InChI is InChI=1S/C30H25BrClNO5S/c31-25-14-27-20(12-26(25)32)4-5-22(33-27)17-37-23-6-7-28-24(13-23)30(39-9-8-29(35)36)21(16-38-28)11-18-2-1-3-19(10-18)15-34/h1-7,10,12-15,21,30H,8-9,11,16-17H2,(H,35,36). The van der Waals surface area contributed by atoms with Gasteiger partial charge in [0.25, 0.3) is 0 Å². The molecular formula is C30H25BrClNO5S. The van der Waals surface area contributed by atoms with E-state index in [9.17, 15) is 14.7 Å². The van der Waals surface area contributed by atoms with Crippen molar-refractivity contribution in [1.29, 1.82) is 0 Å². The molecule has 1 N–H and O–H groups in total. The van der Waals surface area contributed by atoms with E-state index in [0.29, 0.717) is 35.1 Å². The Morgan fingerprint density at radius 2 is 2.05 bits per heavy atom. The number of benzene rings is 3. The molecule has 0 saturated heterocycles. The molecule has 0 spiro atoms. The van der Waals surface area contributed by atoms with E-state index in [1.165, 1.54) is 0 Å². The van der Waals surface area contributed by atoms with Gasteiger partial charge in [-0.2, -0.15) is 11.8 Å². The Kier molecular flexibility index (Phi) is 8.75. The summed E-state index contributed by atoms with van der Waals surface area (Å²) in [5.74, 6) is 1.22. The Morgan fingerprint density at radius 3 is 2.87 bits per heavy atom. The van der Waals surface area contributed by atoms with Gasteiger partial charge in [-0.15, -0.1) is 0 Å². The largest absolute Gasteiger partial charge is 0.493 e. The fourth-order valence-corrected chi connectivity index (χ4v) is 6.53. The van der Waals surface area contributed by atoms with Crippen LogP contribution in [0.4, 0.5) is 0 Å².